The third-order valence-corrected chi connectivity index (χ3v) is 3.98. The van der Waals surface area contributed by atoms with Crippen LogP contribution in [0.5, 0.6) is 0 Å². The molecule has 0 amide bonds. The summed E-state index contributed by atoms with van der Waals surface area (Å²) in [5.74, 6) is 0. The third kappa shape index (κ3) is 3.42. The van der Waals surface area contributed by atoms with Crippen LogP contribution in [0.15, 0.2) is 41.4 Å². The molecule has 1 aliphatic rings. The van der Waals surface area contributed by atoms with Gasteiger partial charge in [0.15, 0.2) is 0 Å². The van der Waals surface area contributed by atoms with Crippen molar-refractivity contribution in [3.63, 3.8) is 0 Å². The standard InChI is InChI=1S/C18H22N2O/c1-21-11-8-19-14-15-4-5-17-13-18(7-6-16(17)12-15)20-9-2-3-10-20/h4-7,12-14H,2-3,8-11H2,1H3. The fourth-order valence-corrected chi connectivity index (χ4v) is 2.82. The summed E-state index contributed by atoms with van der Waals surface area (Å²) in [4.78, 5) is 6.83. The van der Waals surface area contributed by atoms with Gasteiger partial charge in [-0.1, -0.05) is 18.2 Å². The lowest BCUT2D eigenvalue weighted by Gasteiger charge is -2.18. The highest BCUT2D eigenvalue weighted by atomic mass is 16.5. The number of anilines is 1. The second-order valence-corrected chi connectivity index (χ2v) is 5.51. The van der Waals surface area contributed by atoms with Crippen molar-refractivity contribution < 1.29 is 4.74 Å². The first-order valence-electron chi connectivity index (χ1n) is 7.64. The molecule has 110 valence electrons. The quantitative estimate of drug-likeness (QED) is 0.619. The molecule has 1 fully saturated rings. The molecular formula is C18H22N2O. The molecule has 0 unspecified atom stereocenters. The summed E-state index contributed by atoms with van der Waals surface area (Å²) in [5, 5.41) is 2.57. The van der Waals surface area contributed by atoms with E-state index >= 15 is 0 Å². The van der Waals surface area contributed by atoms with Gasteiger partial charge in [0.1, 0.15) is 0 Å². The molecule has 21 heavy (non-hydrogen) atoms. The van der Waals surface area contributed by atoms with E-state index in [1.807, 2.05) is 6.21 Å². The molecule has 0 aromatic heterocycles. The molecule has 2 aromatic carbocycles. The van der Waals surface area contributed by atoms with Crippen LogP contribution < -0.4 is 4.90 Å². The van der Waals surface area contributed by atoms with E-state index in [9.17, 15) is 0 Å². The second-order valence-electron chi connectivity index (χ2n) is 5.51. The minimum Gasteiger partial charge on any atom is -0.383 e. The van der Waals surface area contributed by atoms with Crippen LogP contribution in [0.4, 0.5) is 5.69 Å². The molecule has 0 atom stereocenters. The van der Waals surface area contributed by atoms with Crippen molar-refractivity contribution in [3.8, 4) is 0 Å². The van der Waals surface area contributed by atoms with Gasteiger partial charge in [-0.25, -0.2) is 0 Å². The molecule has 3 heteroatoms. The van der Waals surface area contributed by atoms with Crippen LogP contribution in [-0.4, -0.2) is 39.6 Å². The van der Waals surface area contributed by atoms with Crippen molar-refractivity contribution in [2.75, 3.05) is 38.3 Å². The summed E-state index contributed by atoms with van der Waals surface area (Å²) in [6.07, 6.45) is 4.55. The smallest absolute Gasteiger partial charge is 0.0658 e. The maximum absolute atomic E-state index is 4.99. The predicted molar refractivity (Wildman–Crippen MR) is 89.7 cm³/mol. The molecule has 0 bridgehead atoms. The van der Waals surface area contributed by atoms with Gasteiger partial charge in [-0.05, 0) is 47.4 Å². The summed E-state index contributed by atoms with van der Waals surface area (Å²) in [6, 6.07) is 13.3. The van der Waals surface area contributed by atoms with E-state index in [2.05, 4.69) is 46.3 Å². The fraction of sp³-hybridized carbons (Fsp3) is 0.389. The van der Waals surface area contributed by atoms with Crippen LogP contribution in [0, 0.1) is 0 Å². The van der Waals surface area contributed by atoms with Crippen LogP contribution in [0.2, 0.25) is 0 Å². The highest BCUT2D eigenvalue weighted by molar-refractivity contribution is 5.92. The lowest BCUT2D eigenvalue weighted by molar-refractivity contribution is 0.208. The van der Waals surface area contributed by atoms with Gasteiger partial charge in [-0.2, -0.15) is 0 Å². The molecule has 0 spiro atoms. The minimum absolute atomic E-state index is 0.670. The molecule has 1 saturated heterocycles. The van der Waals surface area contributed by atoms with Gasteiger partial charge in [0.2, 0.25) is 0 Å². The van der Waals surface area contributed by atoms with Gasteiger partial charge >= 0.3 is 0 Å². The Bertz CT molecular complexity index is 630. The highest BCUT2D eigenvalue weighted by Gasteiger charge is 2.12. The summed E-state index contributed by atoms with van der Waals surface area (Å²) >= 11 is 0. The predicted octanol–water partition coefficient (Wildman–Crippen LogP) is 3.51. The zero-order valence-corrected chi connectivity index (χ0v) is 12.6. The topological polar surface area (TPSA) is 24.8 Å². The molecule has 1 heterocycles. The first-order valence-corrected chi connectivity index (χ1v) is 7.64. The average Bonchev–Trinajstić information content (AvgIpc) is 3.05. The second kappa shape index (κ2) is 6.72. The van der Waals surface area contributed by atoms with Crippen LogP contribution in [0.1, 0.15) is 18.4 Å². The summed E-state index contributed by atoms with van der Waals surface area (Å²) < 4.78 is 4.99. The van der Waals surface area contributed by atoms with Gasteiger partial charge in [-0.3, -0.25) is 4.99 Å². The van der Waals surface area contributed by atoms with E-state index in [1.165, 1.54) is 42.4 Å². The number of aliphatic imine (C=N–C) groups is 1. The van der Waals surface area contributed by atoms with Gasteiger partial charge in [-0.15, -0.1) is 0 Å². The number of hydrogen-bond acceptors (Lipinski definition) is 3. The van der Waals surface area contributed by atoms with E-state index in [0.717, 1.165) is 5.56 Å². The van der Waals surface area contributed by atoms with E-state index < -0.39 is 0 Å². The van der Waals surface area contributed by atoms with Gasteiger partial charge in [0.05, 0.1) is 13.2 Å². The lowest BCUT2D eigenvalue weighted by atomic mass is 10.1. The van der Waals surface area contributed by atoms with Gasteiger partial charge < -0.3 is 9.64 Å². The number of benzene rings is 2. The van der Waals surface area contributed by atoms with Crippen molar-refractivity contribution in [2.24, 2.45) is 4.99 Å². The van der Waals surface area contributed by atoms with Crippen LogP contribution in [0.3, 0.4) is 0 Å². The van der Waals surface area contributed by atoms with Gasteiger partial charge in [0.25, 0.3) is 0 Å². The number of methoxy groups -OCH3 is 1. The Morgan fingerprint density at radius 2 is 1.86 bits per heavy atom. The Hall–Kier alpha value is -1.87. The molecule has 0 N–H and O–H groups in total. The van der Waals surface area contributed by atoms with Crippen LogP contribution in [0.25, 0.3) is 10.8 Å². The number of fused-ring (bicyclic) bond motifs is 1. The molecular weight excluding hydrogens is 260 g/mol. The number of nitrogens with zero attached hydrogens (tertiary/aromatic N) is 2. The maximum Gasteiger partial charge on any atom is 0.0658 e. The monoisotopic (exact) mass is 282 g/mol. The van der Waals surface area contributed by atoms with E-state index in [-0.39, 0.29) is 0 Å². The van der Waals surface area contributed by atoms with Gasteiger partial charge in [0, 0.05) is 32.1 Å². The Kier molecular flexibility index (Phi) is 4.51. The Morgan fingerprint density at radius 3 is 2.67 bits per heavy atom. The molecule has 0 radical (unpaired) electrons. The minimum atomic E-state index is 0.670. The summed E-state index contributed by atoms with van der Waals surface area (Å²) in [7, 11) is 1.70. The first kappa shape index (κ1) is 14.1. The Balaban J connectivity index is 1.79. The van der Waals surface area contributed by atoms with Crippen molar-refractivity contribution in [2.45, 2.75) is 12.8 Å². The summed E-state index contributed by atoms with van der Waals surface area (Å²) in [5.41, 5.74) is 2.49. The van der Waals surface area contributed by atoms with Crippen molar-refractivity contribution in [1.82, 2.24) is 0 Å². The van der Waals surface area contributed by atoms with Crippen molar-refractivity contribution in [1.29, 1.82) is 0 Å². The molecule has 2 aromatic rings. The van der Waals surface area contributed by atoms with E-state index in [1.54, 1.807) is 7.11 Å². The molecule has 3 rings (SSSR count). The maximum atomic E-state index is 4.99. The largest absolute Gasteiger partial charge is 0.383 e. The normalized spacial score (nSPS) is 15.4. The SMILES string of the molecule is COCCN=Cc1ccc2cc(N3CCCC3)ccc2c1. The Labute approximate surface area is 126 Å². The zero-order valence-electron chi connectivity index (χ0n) is 12.6. The molecule has 1 aliphatic heterocycles. The highest BCUT2D eigenvalue weighted by Crippen LogP contribution is 2.25. The number of ether oxygens (including phenoxy) is 1. The number of rotatable bonds is 5. The average molecular weight is 282 g/mol. The number of hydrogen-bond donors (Lipinski definition) is 0. The molecule has 0 aliphatic carbocycles. The van der Waals surface area contributed by atoms with Crippen molar-refractivity contribution in [3.05, 3.63) is 42.0 Å². The van der Waals surface area contributed by atoms with Crippen LogP contribution >= 0.6 is 0 Å². The van der Waals surface area contributed by atoms with E-state index in [0.29, 0.717) is 13.2 Å². The third-order valence-electron chi connectivity index (χ3n) is 3.98. The zero-order chi connectivity index (χ0) is 14.5. The Morgan fingerprint density at radius 1 is 1.10 bits per heavy atom. The van der Waals surface area contributed by atoms with Crippen LogP contribution in [-0.2, 0) is 4.74 Å². The first-order chi connectivity index (χ1) is 10.4. The summed E-state index contributed by atoms with van der Waals surface area (Å²) in [6.45, 7) is 3.76. The van der Waals surface area contributed by atoms with Crippen molar-refractivity contribution >= 4 is 22.7 Å². The fourth-order valence-electron chi connectivity index (χ4n) is 2.82. The molecule has 0 saturated carbocycles. The molecule has 3 nitrogen and oxygen atoms in total. The van der Waals surface area contributed by atoms with E-state index in [4.69, 9.17) is 4.74 Å². The lowest BCUT2D eigenvalue weighted by Crippen LogP contribution is -2.17.